The zero-order valence-electron chi connectivity index (χ0n) is 11.2. The molecule has 1 aromatic rings. The van der Waals surface area contributed by atoms with Crippen molar-refractivity contribution in [2.45, 2.75) is 32.0 Å². The third-order valence-electron chi connectivity index (χ3n) is 3.72. The molecular weight excluding hydrogens is 269 g/mol. The summed E-state index contributed by atoms with van der Waals surface area (Å²) < 4.78 is 38.0. The van der Waals surface area contributed by atoms with Gasteiger partial charge in [0.25, 0.3) is 0 Å². The average molecular weight is 286 g/mol. The molecule has 2 amide bonds. The molecular formula is C14H17F3N2O. The highest BCUT2D eigenvalue weighted by atomic mass is 19.4. The van der Waals surface area contributed by atoms with E-state index in [-0.39, 0.29) is 6.54 Å². The third kappa shape index (κ3) is 3.23. The maximum Gasteiger partial charge on any atom is 0.389 e. The summed E-state index contributed by atoms with van der Waals surface area (Å²) in [5, 5.41) is 0. The number of benzene rings is 1. The van der Waals surface area contributed by atoms with Gasteiger partial charge in [0, 0.05) is 13.0 Å². The predicted molar refractivity (Wildman–Crippen MR) is 69.0 cm³/mol. The summed E-state index contributed by atoms with van der Waals surface area (Å²) in [6, 6.07) is 5.94. The summed E-state index contributed by atoms with van der Waals surface area (Å²) in [4.78, 5) is 12.8. The molecule has 1 aliphatic rings. The predicted octanol–water partition coefficient (Wildman–Crippen LogP) is 3.39. The first-order chi connectivity index (χ1) is 9.28. The summed E-state index contributed by atoms with van der Waals surface area (Å²) >= 11 is 0. The van der Waals surface area contributed by atoms with Crippen molar-refractivity contribution in [3.05, 3.63) is 35.4 Å². The molecule has 1 aliphatic heterocycles. The van der Waals surface area contributed by atoms with Crippen LogP contribution in [0.15, 0.2) is 24.3 Å². The van der Waals surface area contributed by atoms with Crippen molar-refractivity contribution in [2.75, 3.05) is 6.54 Å². The van der Waals surface area contributed by atoms with Gasteiger partial charge < -0.3 is 10.6 Å². The molecule has 0 saturated carbocycles. The minimum atomic E-state index is -4.23. The van der Waals surface area contributed by atoms with E-state index >= 15 is 0 Å². The van der Waals surface area contributed by atoms with E-state index in [4.69, 9.17) is 5.73 Å². The van der Waals surface area contributed by atoms with Crippen molar-refractivity contribution >= 4 is 6.03 Å². The van der Waals surface area contributed by atoms with Gasteiger partial charge in [-0.15, -0.1) is 0 Å². The zero-order valence-corrected chi connectivity index (χ0v) is 11.2. The molecule has 20 heavy (non-hydrogen) atoms. The Bertz CT molecular complexity index is 484. The Kier molecular flexibility index (Phi) is 3.92. The Balaban J connectivity index is 2.29. The molecule has 2 rings (SSSR count). The Morgan fingerprint density at radius 3 is 2.45 bits per heavy atom. The van der Waals surface area contributed by atoms with Crippen LogP contribution in [0.5, 0.6) is 0 Å². The second-order valence-corrected chi connectivity index (χ2v) is 5.26. The van der Waals surface area contributed by atoms with Crippen molar-refractivity contribution < 1.29 is 18.0 Å². The van der Waals surface area contributed by atoms with E-state index in [1.54, 1.807) is 12.1 Å². The standard InChI is InChI=1S/C14H17F3N2O/c1-9-2-4-10(5-3-9)12-11(8-14(15,16)17)6-7-19(12)13(18)20/h2-5,11-12H,6-8H2,1H3,(H2,18,20). The number of carbonyl (C=O) groups is 1. The molecule has 110 valence electrons. The molecule has 2 N–H and O–H groups in total. The summed E-state index contributed by atoms with van der Waals surface area (Å²) in [6.07, 6.45) is -4.81. The van der Waals surface area contributed by atoms with E-state index in [1.807, 2.05) is 19.1 Å². The number of amides is 2. The van der Waals surface area contributed by atoms with Crippen LogP contribution in [-0.4, -0.2) is 23.7 Å². The molecule has 1 fully saturated rings. The summed E-state index contributed by atoms with van der Waals surface area (Å²) in [5.41, 5.74) is 7.01. The van der Waals surface area contributed by atoms with Crippen LogP contribution in [0.25, 0.3) is 0 Å². The number of urea groups is 1. The number of rotatable bonds is 2. The minimum Gasteiger partial charge on any atom is -0.351 e. The lowest BCUT2D eigenvalue weighted by molar-refractivity contribution is -0.146. The second kappa shape index (κ2) is 5.34. The van der Waals surface area contributed by atoms with Gasteiger partial charge >= 0.3 is 12.2 Å². The smallest absolute Gasteiger partial charge is 0.351 e. The third-order valence-corrected chi connectivity index (χ3v) is 3.72. The van der Waals surface area contributed by atoms with Gasteiger partial charge in [0.15, 0.2) is 0 Å². The summed E-state index contributed by atoms with van der Waals surface area (Å²) in [6.45, 7) is 2.17. The average Bonchev–Trinajstić information content (AvgIpc) is 2.71. The number of halogens is 3. The number of nitrogens with zero attached hydrogens (tertiary/aromatic N) is 1. The monoisotopic (exact) mass is 286 g/mol. The van der Waals surface area contributed by atoms with E-state index in [9.17, 15) is 18.0 Å². The number of likely N-dealkylation sites (tertiary alicyclic amines) is 1. The van der Waals surface area contributed by atoms with Gasteiger partial charge in [0.1, 0.15) is 0 Å². The van der Waals surface area contributed by atoms with Crippen molar-refractivity contribution in [1.82, 2.24) is 4.90 Å². The van der Waals surface area contributed by atoms with E-state index in [0.717, 1.165) is 5.56 Å². The van der Waals surface area contributed by atoms with Crippen LogP contribution in [0.4, 0.5) is 18.0 Å². The second-order valence-electron chi connectivity index (χ2n) is 5.26. The Morgan fingerprint density at radius 2 is 1.95 bits per heavy atom. The first kappa shape index (κ1) is 14.7. The molecule has 2 unspecified atom stereocenters. The van der Waals surface area contributed by atoms with E-state index in [2.05, 4.69) is 0 Å². The van der Waals surface area contributed by atoms with Gasteiger partial charge in [-0.1, -0.05) is 29.8 Å². The molecule has 0 spiro atoms. The normalized spacial score (nSPS) is 23.1. The quantitative estimate of drug-likeness (QED) is 0.890. The van der Waals surface area contributed by atoms with E-state index < -0.39 is 30.6 Å². The lowest BCUT2D eigenvalue weighted by atomic mass is 9.90. The van der Waals surface area contributed by atoms with Crippen LogP contribution in [0.1, 0.15) is 30.0 Å². The van der Waals surface area contributed by atoms with Crippen LogP contribution in [-0.2, 0) is 0 Å². The molecule has 1 heterocycles. The number of hydrogen-bond acceptors (Lipinski definition) is 1. The van der Waals surface area contributed by atoms with Crippen LogP contribution < -0.4 is 5.73 Å². The first-order valence-electron chi connectivity index (χ1n) is 6.47. The Hall–Kier alpha value is -1.72. The molecule has 6 heteroatoms. The minimum absolute atomic E-state index is 0.272. The first-order valence-corrected chi connectivity index (χ1v) is 6.47. The van der Waals surface area contributed by atoms with Gasteiger partial charge in [0.05, 0.1) is 6.04 Å². The molecule has 0 aromatic heterocycles. The van der Waals surface area contributed by atoms with Gasteiger partial charge in [-0.2, -0.15) is 13.2 Å². The van der Waals surface area contributed by atoms with Crippen LogP contribution in [0.2, 0.25) is 0 Å². The van der Waals surface area contributed by atoms with Crippen molar-refractivity contribution in [3.8, 4) is 0 Å². The number of hydrogen-bond donors (Lipinski definition) is 1. The lowest BCUT2D eigenvalue weighted by Gasteiger charge is -2.28. The molecule has 1 aromatic carbocycles. The number of alkyl halides is 3. The van der Waals surface area contributed by atoms with Gasteiger partial charge in [-0.05, 0) is 24.8 Å². The molecule has 2 atom stereocenters. The van der Waals surface area contributed by atoms with E-state index in [1.165, 1.54) is 4.90 Å². The van der Waals surface area contributed by atoms with Crippen LogP contribution >= 0.6 is 0 Å². The van der Waals surface area contributed by atoms with Crippen molar-refractivity contribution in [3.63, 3.8) is 0 Å². The van der Waals surface area contributed by atoms with E-state index in [0.29, 0.717) is 12.0 Å². The molecule has 0 aliphatic carbocycles. The fraction of sp³-hybridized carbons (Fsp3) is 0.500. The largest absolute Gasteiger partial charge is 0.389 e. The Morgan fingerprint density at radius 1 is 1.35 bits per heavy atom. The highest BCUT2D eigenvalue weighted by Gasteiger charge is 2.43. The number of nitrogens with two attached hydrogens (primary N) is 1. The molecule has 0 radical (unpaired) electrons. The SMILES string of the molecule is Cc1ccc(C2C(CC(F)(F)F)CCN2C(N)=O)cc1. The number of aryl methyl sites for hydroxylation is 1. The maximum atomic E-state index is 12.7. The highest BCUT2D eigenvalue weighted by molar-refractivity contribution is 5.73. The number of carbonyl (C=O) groups excluding carboxylic acids is 1. The van der Waals surface area contributed by atoms with Crippen LogP contribution in [0, 0.1) is 12.8 Å². The van der Waals surface area contributed by atoms with Crippen LogP contribution in [0.3, 0.4) is 0 Å². The molecule has 1 saturated heterocycles. The molecule has 0 bridgehead atoms. The topological polar surface area (TPSA) is 46.3 Å². The highest BCUT2D eigenvalue weighted by Crippen LogP contribution is 2.42. The van der Waals surface area contributed by atoms with Crippen molar-refractivity contribution in [2.24, 2.45) is 11.7 Å². The fourth-order valence-corrected chi connectivity index (χ4v) is 2.83. The Labute approximate surface area is 115 Å². The molecule has 3 nitrogen and oxygen atoms in total. The maximum absolute atomic E-state index is 12.7. The summed E-state index contributed by atoms with van der Waals surface area (Å²) in [5.74, 6) is -0.634. The number of primary amides is 1. The fourth-order valence-electron chi connectivity index (χ4n) is 2.83. The van der Waals surface area contributed by atoms with Gasteiger partial charge in [-0.25, -0.2) is 4.79 Å². The van der Waals surface area contributed by atoms with Gasteiger partial charge in [-0.3, -0.25) is 0 Å². The van der Waals surface area contributed by atoms with Gasteiger partial charge in [0.2, 0.25) is 0 Å². The lowest BCUT2D eigenvalue weighted by Crippen LogP contribution is -2.36. The summed E-state index contributed by atoms with van der Waals surface area (Å²) in [7, 11) is 0. The van der Waals surface area contributed by atoms with Crippen molar-refractivity contribution in [1.29, 1.82) is 0 Å². The zero-order chi connectivity index (χ0) is 14.9.